The maximum Gasteiger partial charge on any atom is 0.239 e. The third-order valence-electron chi connectivity index (χ3n) is 1.39. The number of hydrogen-bond acceptors (Lipinski definition) is 2. The van der Waals surface area contributed by atoms with Crippen molar-refractivity contribution >= 4 is 17.8 Å². The van der Waals surface area contributed by atoms with E-state index in [9.17, 15) is 0 Å². The molecule has 0 saturated carbocycles. The van der Waals surface area contributed by atoms with Gasteiger partial charge >= 0.3 is 0 Å². The minimum atomic E-state index is 0.619. The van der Waals surface area contributed by atoms with Crippen molar-refractivity contribution in [3.8, 4) is 0 Å². The first kappa shape index (κ1) is 8.21. The molecule has 0 amide bonds. The van der Waals surface area contributed by atoms with Gasteiger partial charge in [0.2, 0.25) is 5.55 Å². The Hall–Kier alpha value is -0.890. The van der Waals surface area contributed by atoms with Gasteiger partial charge in [-0.3, -0.25) is 0 Å². The van der Waals surface area contributed by atoms with Crippen LogP contribution < -0.4 is 0 Å². The highest BCUT2D eigenvalue weighted by Gasteiger charge is 1.89. The van der Waals surface area contributed by atoms with Crippen LogP contribution in [0.3, 0.4) is 0 Å². The second kappa shape index (κ2) is 4.85. The molecule has 0 unspecified atom stereocenters. The average Bonchev–Trinajstić information content (AvgIpc) is 2.07. The van der Waals surface area contributed by atoms with Crippen molar-refractivity contribution in [3.05, 3.63) is 35.9 Å². The van der Waals surface area contributed by atoms with Gasteiger partial charge in [0.25, 0.3) is 0 Å². The summed E-state index contributed by atoms with van der Waals surface area (Å²) in [5.74, 6) is 0. The fourth-order valence-corrected chi connectivity index (χ4v) is 0.939. The Bertz CT molecular complexity index is 208. The standard InChI is InChI=1S/C9H9OS/c11-8-10-7-6-9-4-2-1-3-5-9/h1-5H,6-7H2. The molecule has 11 heavy (non-hydrogen) atoms. The van der Waals surface area contributed by atoms with Crippen LogP contribution >= 0.6 is 12.2 Å². The largest absolute Gasteiger partial charge is 0.480 e. The number of hydrogen-bond donors (Lipinski definition) is 0. The predicted molar refractivity (Wildman–Crippen MR) is 48.7 cm³/mol. The molecule has 0 fully saturated rings. The second-order valence-electron chi connectivity index (χ2n) is 2.17. The van der Waals surface area contributed by atoms with Crippen LogP contribution in [-0.4, -0.2) is 12.2 Å². The minimum absolute atomic E-state index is 0.619. The first-order chi connectivity index (χ1) is 5.43. The van der Waals surface area contributed by atoms with E-state index in [1.807, 2.05) is 18.2 Å². The van der Waals surface area contributed by atoms with Crippen molar-refractivity contribution in [1.29, 1.82) is 0 Å². The van der Waals surface area contributed by atoms with Crippen LogP contribution in [0.4, 0.5) is 0 Å². The predicted octanol–water partition coefficient (Wildman–Crippen LogP) is 2.08. The zero-order valence-corrected chi connectivity index (χ0v) is 6.93. The number of thiocarbonyl (C=S) groups is 1. The summed E-state index contributed by atoms with van der Waals surface area (Å²) in [4.78, 5) is 0. The molecule has 57 valence electrons. The third kappa shape index (κ3) is 3.14. The molecular formula is C9H9OS. The Morgan fingerprint density at radius 2 is 2.00 bits per heavy atom. The maximum atomic E-state index is 4.80. The molecule has 0 aliphatic heterocycles. The lowest BCUT2D eigenvalue weighted by Gasteiger charge is -1.98. The molecule has 0 bridgehead atoms. The Labute approximate surface area is 72.0 Å². The van der Waals surface area contributed by atoms with Crippen LogP contribution in [0, 0.1) is 0 Å². The van der Waals surface area contributed by atoms with Crippen LogP contribution in [0.2, 0.25) is 0 Å². The highest BCUT2D eigenvalue weighted by molar-refractivity contribution is 7.78. The summed E-state index contributed by atoms with van der Waals surface area (Å²) in [6, 6.07) is 10.1. The molecule has 0 heterocycles. The van der Waals surface area contributed by atoms with Crippen LogP contribution in [-0.2, 0) is 11.2 Å². The quantitative estimate of drug-likeness (QED) is 0.499. The average molecular weight is 165 g/mol. The van der Waals surface area contributed by atoms with Gasteiger partial charge in [-0.1, -0.05) is 30.3 Å². The van der Waals surface area contributed by atoms with Gasteiger partial charge in [0.15, 0.2) is 0 Å². The van der Waals surface area contributed by atoms with Crippen LogP contribution in [0.15, 0.2) is 30.3 Å². The molecule has 0 atom stereocenters. The van der Waals surface area contributed by atoms with E-state index >= 15 is 0 Å². The summed E-state index contributed by atoms with van der Waals surface area (Å²) in [6.45, 7) is 0.619. The summed E-state index contributed by atoms with van der Waals surface area (Å²) in [6.07, 6.45) is 0.893. The van der Waals surface area contributed by atoms with E-state index in [1.54, 1.807) is 0 Å². The molecule has 2 heteroatoms. The van der Waals surface area contributed by atoms with Gasteiger partial charge in [0, 0.05) is 6.42 Å². The summed E-state index contributed by atoms with van der Waals surface area (Å²) < 4.78 is 4.80. The van der Waals surface area contributed by atoms with Gasteiger partial charge < -0.3 is 4.74 Å². The van der Waals surface area contributed by atoms with Crippen LogP contribution in [0.25, 0.3) is 0 Å². The van der Waals surface area contributed by atoms with Crippen molar-refractivity contribution in [1.82, 2.24) is 0 Å². The van der Waals surface area contributed by atoms with E-state index in [4.69, 9.17) is 4.74 Å². The molecule has 1 nitrogen and oxygen atoms in total. The lowest BCUT2D eigenvalue weighted by molar-refractivity contribution is 0.331. The van der Waals surface area contributed by atoms with Crippen LogP contribution in [0.1, 0.15) is 5.56 Å². The first-order valence-electron chi connectivity index (χ1n) is 3.46. The monoisotopic (exact) mass is 165 g/mol. The van der Waals surface area contributed by atoms with E-state index in [0.717, 1.165) is 6.42 Å². The molecule has 0 aliphatic carbocycles. The molecule has 1 aromatic carbocycles. The van der Waals surface area contributed by atoms with Gasteiger partial charge in [-0.25, -0.2) is 0 Å². The zero-order chi connectivity index (χ0) is 7.94. The molecule has 0 aliphatic rings. The lowest BCUT2D eigenvalue weighted by atomic mass is 10.2. The smallest absolute Gasteiger partial charge is 0.239 e. The molecule has 1 radical (unpaired) electrons. The van der Waals surface area contributed by atoms with E-state index in [0.29, 0.717) is 6.61 Å². The molecular weight excluding hydrogens is 156 g/mol. The van der Waals surface area contributed by atoms with Gasteiger partial charge in [0.05, 0.1) is 6.61 Å². The highest BCUT2D eigenvalue weighted by atomic mass is 32.1. The maximum absolute atomic E-state index is 4.80. The van der Waals surface area contributed by atoms with Crippen molar-refractivity contribution in [2.24, 2.45) is 0 Å². The summed E-state index contributed by atoms with van der Waals surface area (Å²) in [5, 5.41) is 0. The van der Waals surface area contributed by atoms with Gasteiger partial charge in [0.1, 0.15) is 0 Å². The van der Waals surface area contributed by atoms with Crippen molar-refractivity contribution in [2.75, 3.05) is 6.61 Å². The Morgan fingerprint density at radius 3 is 2.64 bits per heavy atom. The highest BCUT2D eigenvalue weighted by Crippen LogP contribution is 1.98. The Kier molecular flexibility index (Phi) is 3.62. The van der Waals surface area contributed by atoms with Crippen molar-refractivity contribution in [2.45, 2.75) is 6.42 Å². The van der Waals surface area contributed by atoms with Crippen LogP contribution in [0.5, 0.6) is 0 Å². The fraction of sp³-hybridized carbons (Fsp3) is 0.222. The summed E-state index contributed by atoms with van der Waals surface area (Å²) in [5.41, 5.74) is 3.48. The number of ether oxygens (including phenoxy) is 1. The lowest BCUT2D eigenvalue weighted by Crippen LogP contribution is -1.94. The van der Waals surface area contributed by atoms with Gasteiger partial charge in [-0.15, -0.1) is 0 Å². The molecule has 1 rings (SSSR count). The Morgan fingerprint density at radius 1 is 1.27 bits per heavy atom. The third-order valence-corrected chi connectivity index (χ3v) is 1.51. The molecule has 0 N–H and O–H groups in total. The molecule has 1 aromatic rings. The minimum Gasteiger partial charge on any atom is -0.480 e. The number of benzene rings is 1. The Balaban J connectivity index is 2.33. The molecule has 0 aromatic heterocycles. The molecule has 0 saturated heterocycles. The normalized spacial score (nSPS) is 9.09. The SMILES string of the molecule is S=[C]OCCc1ccccc1. The fourth-order valence-electron chi connectivity index (χ4n) is 0.855. The van der Waals surface area contributed by atoms with Gasteiger partial charge in [-0.05, 0) is 17.8 Å². The summed E-state index contributed by atoms with van der Waals surface area (Å²) >= 11 is 4.40. The van der Waals surface area contributed by atoms with Gasteiger partial charge in [-0.2, -0.15) is 0 Å². The first-order valence-corrected chi connectivity index (χ1v) is 3.87. The zero-order valence-electron chi connectivity index (χ0n) is 6.12. The second-order valence-corrected chi connectivity index (χ2v) is 2.33. The summed E-state index contributed by atoms with van der Waals surface area (Å²) in [7, 11) is 0. The topological polar surface area (TPSA) is 9.23 Å². The van der Waals surface area contributed by atoms with E-state index in [2.05, 4.69) is 29.9 Å². The van der Waals surface area contributed by atoms with Crippen molar-refractivity contribution in [3.63, 3.8) is 0 Å². The molecule has 0 spiro atoms. The van der Waals surface area contributed by atoms with E-state index in [1.165, 1.54) is 5.56 Å². The van der Waals surface area contributed by atoms with E-state index in [-0.39, 0.29) is 0 Å². The van der Waals surface area contributed by atoms with E-state index < -0.39 is 0 Å². The van der Waals surface area contributed by atoms with Crippen molar-refractivity contribution < 1.29 is 4.74 Å². The number of rotatable bonds is 4.